The lowest BCUT2D eigenvalue weighted by atomic mass is 9.82. The molecule has 370 valence electrons. The maximum absolute atomic E-state index is 6.78. The average Bonchev–Trinajstić information content (AvgIpc) is 3.88. The third kappa shape index (κ3) is 8.52. The van der Waals surface area contributed by atoms with E-state index in [9.17, 15) is 0 Å². The van der Waals surface area contributed by atoms with Crippen LogP contribution in [0, 0.1) is 5.92 Å². The van der Waals surface area contributed by atoms with E-state index in [0.29, 0.717) is 0 Å². The Labute approximate surface area is 437 Å². The fourth-order valence-electron chi connectivity index (χ4n) is 11.2. The van der Waals surface area contributed by atoms with E-state index in [-0.39, 0.29) is 27.6 Å². The number of hydrogen-bond donors (Lipinski definition) is 0. The SMILES string of the molecule is CC(C)(C)c1ccc(N(C2=CC3=Cc4oc5cc6cc7oc8cc9cc(N(c%10ccc(C(C)(C)C)cc%10)c%10ccc(C(C)(C)C)cc%10)ccc9cc8c7cc6cc5c4CC3C=C2)c2ccc(C(C)(C)C)cc2)cc1. The Morgan fingerprint density at radius 1 is 0.378 bits per heavy atom. The van der Waals surface area contributed by atoms with Crippen molar-refractivity contribution in [2.24, 2.45) is 5.92 Å². The Balaban J connectivity index is 0.891. The lowest BCUT2D eigenvalue weighted by Crippen LogP contribution is -2.21. The zero-order chi connectivity index (χ0) is 51.6. The standard InChI is InChI=1S/C70H68N2O2/c1-67(2,3)49-15-25-53(26-16-49)71(54-27-17-50(18-28-54)68(4,5)6)57-23-13-43-35-59-61-37-47-38-62-60-36-44-14-24-58(34-46(44)40-64(60)74-66(62)42-48(47)41-65(61)73-63(59)39-45(43)33-57)72(55-29-19-51(20-30-55)69(7,8)9)56-31-21-52(22-32-56)70(10,11)12/h13-35,37-42,44H,36H2,1-12H3. The molecule has 0 fully saturated rings. The molecule has 4 nitrogen and oxygen atoms in total. The van der Waals surface area contributed by atoms with Gasteiger partial charge in [-0.15, -0.1) is 0 Å². The second-order valence-corrected chi connectivity index (χ2v) is 25.2. The van der Waals surface area contributed by atoms with Crippen molar-refractivity contribution in [1.29, 1.82) is 0 Å². The van der Waals surface area contributed by atoms with Crippen molar-refractivity contribution in [3.8, 4) is 0 Å². The Bertz CT molecular complexity index is 3810. The monoisotopic (exact) mass is 969 g/mol. The summed E-state index contributed by atoms with van der Waals surface area (Å²) >= 11 is 0. The van der Waals surface area contributed by atoms with Crippen molar-refractivity contribution in [3.63, 3.8) is 0 Å². The van der Waals surface area contributed by atoms with Crippen molar-refractivity contribution in [3.05, 3.63) is 215 Å². The molecule has 0 saturated heterocycles. The average molecular weight is 969 g/mol. The summed E-state index contributed by atoms with van der Waals surface area (Å²) in [6.07, 6.45) is 10.2. The molecule has 0 saturated carbocycles. The van der Waals surface area contributed by atoms with E-state index in [2.05, 4.69) is 269 Å². The van der Waals surface area contributed by atoms with Crippen LogP contribution in [0.25, 0.3) is 60.5 Å². The number of anilines is 5. The van der Waals surface area contributed by atoms with Crippen LogP contribution in [0.3, 0.4) is 0 Å². The number of fused-ring (bicyclic) bond motifs is 9. The molecule has 4 heteroatoms. The van der Waals surface area contributed by atoms with Crippen LogP contribution in [0.4, 0.5) is 28.4 Å². The summed E-state index contributed by atoms with van der Waals surface area (Å²) in [6.45, 7) is 27.2. The second-order valence-electron chi connectivity index (χ2n) is 25.2. The normalized spacial score (nSPS) is 15.2. The van der Waals surface area contributed by atoms with Crippen LogP contribution < -0.4 is 9.80 Å². The molecule has 12 rings (SSSR count). The van der Waals surface area contributed by atoms with Gasteiger partial charge < -0.3 is 18.6 Å². The fourth-order valence-corrected chi connectivity index (χ4v) is 11.2. The first kappa shape index (κ1) is 47.4. The smallest absolute Gasteiger partial charge is 0.136 e. The minimum Gasteiger partial charge on any atom is -0.456 e. The molecular formula is C70H68N2O2. The van der Waals surface area contributed by atoms with Gasteiger partial charge >= 0.3 is 0 Å². The maximum atomic E-state index is 6.78. The van der Waals surface area contributed by atoms with Gasteiger partial charge in [0.15, 0.2) is 0 Å². The van der Waals surface area contributed by atoms with Crippen molar-refractivity contribution >= 4 is 89.0 Å². The largest absolute Gasteiger partial charge is 0.456 e. The van der Waals surface area contributed by atoms with Gasteiger partial charge in [-0.25, -0.2) is 0 Å². The number of furan rings is 2. The van der Waals surface area contributed by atoms with Gasteiger partial charge in [0.2, 0.25) is 0 Å². The van der Waals surface area contributed by atoms with Gasteiger partial charge in [-0.05, 0) is 193 Å². The first-order valence-electron chi connectivity index (χ1n) is 26.6. The molecule has 2 heterocycles. The minimum atomic E-state index is 0.0680. The molecule has 0 spiro atoms. The molecule has 1 atom stereocenters. The van der Waals surface area contributed by atoms with Gasteiger partial charge in [-0.3, -0.25) is 0 Å². The lowest BCUT2D eigenvalue weighted by Gasteiger charge is -2.32. The summed E-state index contributed by atoms with van der Waals surface area (Å²) in [6, 6.07) is 56.7. The van der Waals surface area contributed by atoms with Crippen molar-refractivity contribution in [2.45, 2.75) is 111 Å². The number of allylic oxidation sites excluding steroid dienone is 4. The van der Waals surface area contributed by atoms with E-state index >= 15 is 0 Å². The Kier molecular flexibility index (Phi) is 10.9. The van der Waals surface area contributed by atoms with Crippen molar-refractivity contribution in [2.75, 3.05) is 9.80 Å². The Hall–Kier alpha value is -7.56. The highest BCUT2D eigenvalue weighted by atomic mass is 16.3. The molecule has 0 N–H and O–H groups in total. The molecule has 0 aliphatic heterocycles. The highest BCUT2D eigenvalue weighted by molar-refractivity contribution is 6.15. The summed E-state index contributed by atoms with van der Waals surface area (Å²) in [5.41, 5.74) is 17.5. The third-order valence-corrected chi connectivity index (χ3v) is 15.8. The summed E-state index contributed by atoms with van der Waals surface area (Å²) in [5.74, 6) is 1.20. The fraction of sp³-hybridized carbons (Fsp3) is 0.257. The van der Waals surface area contributed by atoms with Gasteiger partial charge in [-0.2, -0.15) is 0 Å². The minimum absolute atomic E-state index is 0.0680. The van der Waals surface area contributed by atoms with E-state index in [1.807, 2.05) is 0 Å². The first-order valence-corrected chi connectivity index (χ1v) is 26.6. The van der Waals surface area contributed by atoms with Crippen molar-refractivity contribution in [1.82, 2.24) is 0 Å². The van der Waals surface area contributed by atoms with Gasteiger partial charge in [0, 0.05) is 61.8 Å². The Morgan fingerprint density at radius 3 is 1.24 bits per heavy atom. The lowest BCUT2D eigenvalue weighted by molar-refractivity contribution is 0.586. The summed E-state index contributed by atoms with van der Waals surface area (Å²) in [4.78, 5) is 4.76. The van der Waals surface area contributed by atoms with E-state index in [1.54, 1.807) is 0 Å². The summed E-state index contributed by atoms with van der Waals surface area (Å²) in [5, 5.41) is 8.01. The summed E-state index contributed by atoms with van der Waals surface area (Å²) in [7, 11) is 0. The highest BCUT2D eigenvalue weighted by Gasteiger charge is 2.29. The maximum Gasteiger partial charge on any atom is 0.136 e. The molecular weight excluding hydrogens is 901 g/mol. The van der Waals surface area contributed by atoms with E-state index in [1.165, 1.54) is 49.5 Å². The predicted octanol–water partition coefficient (Wildman–Crippen LogP) is 20.1. The van der Waals surface area contributed by atoms with Crippen LogP contribution in [0.1, 0.15) is 117 Å². The molecule has 0 amide bonds. The van der Waals surface area contributed by atoms with Crippen molar-refractivity contribution < 1.29 is 8.83 Å². The van der Waals surface area contributed by atoms with E-state index < -0.39 is 0 Å². The zero-order valence-corrected chi connectivity index (χ0v) is 45.2. The van der Waals surface area contributed by atoms with Gasteiger partial charge in [0.05, 0.1) is 0 Å². The quantitative estimate of drug-likeness (QED) is 0.166. The molecule has 1 unspecified atom stereocenters. The molecule has 2 aliphatic carbocycles. The van der Waals surface area contributed by atoms with Gasteiger partial charge in [0.25, 0.3) is 0 Å². The first-order chi connectivity index (χ1) is 35.1. The van der Waals surface area contributed by atoms with Crippen LogP contribution in [0.5, 0.6) is 0 Å². The number of nitrogens with zero attached hydrogens (tertiary/aromatic N) is 2. The van der Waals surface area contributed by atoms with Crippen LogP contribution in [-0.4, -0.2) is 0 Å². The highest BCUT2D eigenvalue weighted by Crippen LogP contribution is 2.45. The molecule has 74 heavy (non-hydrogen) atoms. The van der Waals surface area contributed by atoms with Crippen LogP contribution >= 0.6 is 0 Å². The molecule has 8 aromatic carbocycles. The Morgan fingerprint density at radius 2 is 0.770 bits per heavy atom. The summed E-state index contributed by atoms with van der Waals surface area (Å²) < 4.78 is 13.5. The third-order valence-electron chi connectivity index (χ3n) is 15.8. The molecule has 10 aromatic rings. The second kappa shape index (κ2) is 17.0. The number of rotatable bonds is 6. The van der Waals surface area contributed by atoms with E-state index in [4.69, 9.17) is 8.83 Å². The topological polar surface area (TPSA) is 32.8 Å². The van der Waals surface area contributed by atoms with Gasteiger partial charge in [0.1, 0.15) is 22.5 Å². The number of hydrogen-bond acceptors (Lipinski definition) is 4. The van der Waals surface area contributed by atoms with Gasteiger partial charge in [-0.1, -0.05) is 144 Å². The van der Waals surface area contributed by atoms with Crippen LogP contribution in [0.2, 0.25) is 0 Å². The zero-order valence-electron chi connectivity index (χ0n) is 45.2. The van der Waals surface area contributed by atoms with E-state index in [0.717, 1.165) is 84.6 Å². The van der Waals surface area contributed by atoms with Crippen LogP contribution in [-0.2, 0) is 28.1 Å². The molecule has 2 aromatic heterocycles. The van der Waals surface area contributed by atoms with Crippen LogP contribution in [0.15, 0.2) is 190 Å². The molecule has 0 bridgehead atoms. The molecule has 0 radical (unpaired) electrons. The predicted molar refractivity (Wildman–Crippen MR) is 315 cm³/mol. The molecule has 2 aliphatic rings. The number of benzene rings is 8.